The van der Waals surface area contributed by atoms with Gasteiger partial charge in [-0.3, -0.25) is 0 Å². The average molecular weight is 203 g/mol. The molecule has 0 amide bonds. The Labute approximate surface area is 85.5 Å². The van der Waals surface area contributed by atoms with E-state index in [1.54, 1.807) is 7.11 Å². The number of amidine groups is 1. The van der Waals surface area contributed by atoms with Crippen LogP contribution in [-0.2, 0) is 4.74 Å². The molecule has 14 heavy (non-hydrogen) atoms. The van der Waals surface area contributed by atoms with Crippen molar-refractivity contribution < 1.29 is 9.94 Å². The van der Waals surface area contributed by atoms with Crippen LogP contribution in [0, 0.1) is 0 Å². The first kappa shape index (κ1) is 13.2. The van der Waals surface area contributed by atoms with Gasteiger partial charge in [0.25, 0.3) is 0 Å². The van der Waals surface area contributed by atoms with Gasteiger partial charge in [0.15, 0.2) is 0 Å². The Balaban J connectivity index is 3.27. The van der Waals surface area contributed by atoms with Crippen molar-refractivity contribution in [3.05, 3.63) is 0 Å². The van der Waals surface area contributed by atoms with Crippen LogP contribution in [0.2, 0.25) is 0 Å². The van der Waals surface area contributed by atoms with Crippen LogP contribution in [0.15, 0.2) is 5.16 Å². The van der Waals surface area contributed by atoms with Crippen LogP contribution in [0.3, 0.4) is 0 Å². The zero-order valence-electron chi connectivity index (χ0n) is 9.07. The largest absolute Gasteiger partial charge is 0.409 e. The Morgan fingerprint density at radius 1 is 1.43 bits per heavy atom. The number of oxime groups is 1. The van der Waals surface area contributed by atoms with Gasteiger partial charge in [-0.25, -0.2) is 0 Å². The molecule has 0 saturated carbocycles. The first-order chi connectivity index (χ1) is 6.70. The number of unbranched alkanes of at least 4 members (excludes halogenated alkanes) is 1. The van der Waals surface area contributed by atoms with E-state index in [4.69, 9.17) is 15.7 Å². The van der Waals surface area contributed by atoms with Crippen LogP contribution in [0.4, 0.5) is 0 Å². The normalized spacial score (nSPS) is 12.4. The molecule has 0 bridgehead atoms. The molecule has 0 aliphatic heterocycles. The van der Waals surface area contributed by atoms with Crippen LogP contribution < -0.4 is 5.73 Å². The molecule has 0 radical (unpaired) electrons. The Hall–Kier alpha value is -0.810. The fourth-order valence-corrected chi connectivity index (χ4v) is 1.10. The lowest BCUT2D eigenvalue weighted by Crippen LogP contribution is -2.24. The van der Waals surface area contributed by atoms with Crippen molar-refractivity contribution in [1.29, 1.82) is 0 Å². The highest BCUT2D eigenvalue weighted by molar-refractivity contribution is 5.79. The number of ether oxygens (including phenoxy) is 1. The minimum absolute atomic E-state index is 0.310. The van der Waals surface area contributed by atoms with E-state index in [9.17, 15) is 0 Å². The van der Waals surface area contributed by atoms with Crippen molar-refractivity contribution in [3.63, 3.8) is 0 Å². The zero-order chi connectivity index (χ0) is 10.8. The number of hydrogen-bond donors (Lipinski definition) is 2. The second-order valence-electron chi connectivity index (χ2n) is 3.34. The van der Waals surface area contributed by atoms with Gasteiger partial charge in [-0.1, -0.05) is 5.16 Å². The van der Waals surface area contributed by atoms with E-state index in [2.05, 4.69) is 17.1 Å². The van der Waals surface area contributed by atoms with Gasteiger partial charge in [-0.05, 0) is 26.4 Å². The first-order valence-electron chi connectivity index (χ1n) is 4.84. The van der Waals surface area contributed by atoms with Gasteiger partial charge in [0.05, 0.1) is 6.61 Å². The minimum atomic E-state index is 0.310. The molecule has 0 aromatic heterocycles. The van der Waals surface area contributed by atoms with Gasteiger partial charge in [-0.2, -0.15) is 0 Å². The monoisotopic (exact) mass is 203 g/mol. The average Bonchev–Trinajstić information content (AvgIpc) is 2.21. The topological polar surface area (TPSA) is 71.1 Å². The van der Waals surface area contributed by atoms with Gasteiger partial charge >= 0.3 is 0 Å². The molecule has 3 N–H and O–H groups in total. The number of nitrogens with zero attached hydrogens (tertiary/aromatic N) is 2. The number of rotatable bonds is 8. The lowest BCUT2D eigenvalue weighted by atomic mass is 10.2. The van der Waals surface area contributed by atoms with Crippen LogP contribution in [0.5, 0.6) is 0 Å². The maximum atomic E-state index is 8.30. The molecular weight excluding hydrogens is 182 g/mol. The zero-order valence-corrected chi connectivity index (χ0v) is 9.07. The van der Waals surface area contributed by atoms with Gasteiger partial charge in [-0.15, -0.1) is 0 Å². The molecule has 0 rings (SSSR count). The lowest BCUT2D eigenvalue weighted by Gasteiger charge is -2.15. The summed E-state index contributed by atoms with van der Waals surface area (Å²) in [6.45, 7) is 2.72. The van der Waals surface area contributed by atoms with Crippen molar-refractivity contribution in [2.75, 3.05) is 33.9 Å². The summed E-state index contributed by atoms with van der Waals surface area (Å²) in [5.41, 5.74) is 5.34. The van der Waals surface area contributed by atoms with E-state index in [0.717, 1.165) is 32.5 Å². The highest BCUT2D eigenvalue weighted by atomic mass is 16.5. The number of methoxy groups -OCH3 is 1. The lowest BCUT2D eigenvalue weighted by molar-refractivity contribution is 0.160. The molecule has 5 nitrogen and oxygen atoms in total. The third kappa shape index (κ3) is 7.82. The maximum Gasteiger partial charge on any atom is 0.139 e. The Bertz CT molecular complexity index is 162. The summed E-state index contributed by atoms with van der Waals surface area (Å²) in [5, 5.41) is 11.2. The minimum Gasteiger partial charge on any atom is -0.409 e. The van der Waals surface area contributed by atoms with E-state index < -0.39 is 0 Å². The number of nitrogens with two attached hydrogens (primary N) is 1. The number of likely N-dealkylation sites (N-methyl/N-ethyl adjacent to an activating group) is 1. The smallest absolute Gasteiger partial charge is 0.139 e. The predicted octanol–water partition coefficient (Wildman–Crippen LogP) is 0.481. The van der Waals surface area contributed by atoms with E-state index >= 15 is 0 Å². The molecule has 0 aliphatic rings. The van der Waals surface area contributed by atoms with Gasteiger partial charge in [0, 0.05) is 20.1 Å². The third-order valence-corrected chi connectivity index (χ3v) is 2.03. The molecule has 5 heteroatoms. The molecule has 0 heterocycles. The summed E-state index contributed by atoms with van der Waals surface area (Å²) in [7, 11) is 3.76. The summed E-state index contributed by atoms with van der Waals surface area (Å²) < 4.78 is 4.96. The van der Waals surface area contributed by atoms with Crippen LogP contribution >= 0.6 is 0 Å². The molecule has 0 atom stereocenters. The first-order valence-corrected chi connectivity index (χ1v) is 4.84. The van der Waals surface area contributed by atoms with Crippen LogP contribution in [-0.4, -0.2) is 49.8 Å². The van der Waals surface area contributed by atoms with E-state index in [0.29, 0.717) is 12.3 Å². The van der Waals surface area contributed by atoms with Gasteiger partial charge in [0.1, 0.15) is 5.84 Å². The fraction of sp³-hybridized carbons (Fsp3) is 0.889. The van der Waals surface area contributed by atoms with Crippen molar-refractivity contribution in [2.45, 2.75) is 19.3 Å². The van der Waals surface area contributed by atoms with Gasteiger partial charge < -0.3 is 20.6 Å². The number of hydrogen-bond acceptors (Lipinski definition) is 4. The quantitative estimate of drug-likeness (QED) is 0.198. The summed E-state index contributed by atoms with van der Waals surface area (Å²) in [6, 6.07) is 0. The van der Waals surface area contributed by atoms with Crippen molar-refractivity contribution in [1.82, 2.24) is 4.90 Å². The molecule has 0 aromatic rings. The standard InChI is InChI=1S/C9H21N3O2/c1-12(7-8-14-2)6-4-3-5-9(10)11-13/h13H,3-8H2,1-2H3,(H2,10,11). The van der Waals surface area contributed by atoms with Crippen molar-refractivity contribution in [2.24, 2.45) is 10.9 Å². The SMILES string of the molecule is COCCN(C)CCCC/C(N)=N/O. The van der Waals surface area contributed by atoms with Crippen molar-refractivity contribution >= 4 is 5.84 Å². The Kier molecular flexibility index (Phi) is 8.27. The maximum absolute atomic E-state index is 8.30. The van der Waals surface area contributed by atoms with E-state index in [1.807, 2.05) is 0 Å². The molecule has 0 spiro atoms. The fourth-order valence-electron chi connectivity index (χ4n) is 1.10. The predicted molar refractivity (Wildman–Crippen MR) is 56.6 cm³/mol. The molecule has 0 aliphatic carbocycles. The second kappa shape index (κ2) is 8.77. The highest BCUT2D eigenvalue weighted by Crippen LogP contribution is 1.97. The van der Waals surface area contributed by atoms with Crippen molar-refractivity contribution in [3.8, 4) is 0 Å². The van der Waals surface area contributed by atoms with Crippen LogP contribution in [0.1, 0.15) is 19.3 Å². The van der Waals surface area contributed by atoms with Gasteiger partial charge in [0.2, 0.25) is 0 Å². The van der Waals surface area contributed by atoms with E-state index in [1.165, 1.54) is 0 Å². The Morgan fingerprint density at radius 3 is 2.71 bits per heavy atom. The molecule has 0 aromatic carbocycles. The van der Waals surface area contributed by atoms with Crippen LogP contribution in [0.25, 0.3) is 0 Å². The molecule has 84 valence electrons. The summed E-state index contributed by atoms with van der Waals surface area (Å²) in [5.74, 6) is 0.310. The Morgan fingerprint density at radius 2 is 2.14 bits per heavy atom. The molecule has 0 saturated heterocycles. The summed E-state index contributed by atoms with van der Waals surface area (Å²) >= 11 is 0. The molecule has 0 unspecified atom stereocenters. The summed E-state index contributed by atoms with van der Waals surface area (Å²) in [4.78, 5) is 2.20. The molecule has 0 fully saturated rings. The second-order valence-corrected chi connectivity index (χ2v) is 3.34. The summed E-state index contributed by atoms with van der Waals surface area (Å²) in [6.07, 6.45) is 2.66. The highest BCUT2D eigenvalue weighted by Gasteiger charge is 1.98. The third-order valence-electron chi connectivity index (χ3n) is 2.03. The van der Waals surface area contributed by atoms with E-state index in [-0.39, 0.29) is 0 Å². The molecular formula is C9H21N3O2.